The van der Waals surface area contributed by atoms with Crippen molar-refractivity contribution >= 4 is 5.91 Å². The van der Waals surface area contributed by atoms with Crippen LogP contribution in [0.4, 0.5) is 0 Å². The number of aryl methyl sites for hydroxylation is 2. The first-order chi connectivity index (χ1) is 11.6. The maximum atomic E-state index is 12.9. The molecule has 1 saturated carbocycles. The van der Waals surface area contributed by atoms with Gasteiger partial charge >= 0.3 is 0 Å². The van der Waals surface area contributed by atoms with E-state index in [0.717, 1.165) is 12.2 Å². The van der Waals surface area contributed by atoms with E-state index in [-0.39, 0.29) is 17.9 Å². The maximum absolute atomic E-state index is 12.9. The van der Waals surface area contributed by atoms with Gasteiger partial charge in [0.05, 0.1) is 13.2 Å². The molecule has 24 heavy (non-hydrogen) atoms. The molecule has 2 aliphatic rings. The number of morpholine rings is 1. The lowest BCUT2D eigenvalue weighted by Gasteiger charge is -2.32. The summed E-state index contributed by atoms with van der Waals surface area (Å²) in [6.07, 6.45) is 0.717. The molecule has 3 atom stereocenters. The summed E-state index contributed by atoms with van der Waals surface area (Å²) in [5.74, 6) is 2.11. The molecule has 0 bridgehead atoms. The number of benzene rings is 1. The van der Waals surface area contributed by atoms with E-state index in [1.165, 1.54) is 11.1 Å². The molecule has 2 aromatic rings. The number of nitrogens with zero attached hydrogens (tertiary/aromatic N) is 3. The van der Waals surface area contributed by atoms with Gasteiger partial charge in [0.2, 0.25) is 5.91 Å². The van der Waals surface area contributed by atoms with E-state index in [2.05, 4.69) is 40.3 Å². The fourth-order valence-electron chi connectivity index (χ4n) is 3.56. The van der Waals surface area contributed by atoms with E-state index in [1.807, 2.05) is 17.9 Å². The number of carbonyl (C=O) groups is 1. The van der Waals surface area contributed by atoms with Crippen LogP contribution in [0.5, 0.6) is 0 Å². The molecule has 1 N–H and O–H groups in total. The highest BCUT2D eigenvalue weighted by Crippen LogP contribution is 2.49. The zero-order valence-electron chi connectivity index (χ0n) is 14.0. The molecule has 1 saturated heterocycles. The second-order valence-corrected chi connectivity index (χ2v) is 6.73. The molecule has 1 aromatic carbocycles. The minimum Gasteiger partial charge on any atom is -0.366 e. The van der Waals surface area contributed by atoms with Gasteiger partial charge in [0.25, 0.3) is 0 Å². The Kier molecular flexibility index (Phi) is 3.84. The van der Waals surface area contributed by atoms with Crippen LogP contribution in [0.3, 0.4) is 0 Å². The Labute approximate surface area is 141 Å². The monoisotopic (exact) mass is 326 g/mol. The lowest BCUT2D eigenvalue weighted by Crippen LogP contribution is -2.43. The Bertz CT molecular complexity index is 757. The molecule has 4 rings (SSSR count). The first-order valence-corrected chi connectivity index (χ1v) is 8.48. The van der Waals surface area contributed by atoms with Crippen molar-refractivity contribution in [3.63, 3.8) is 0 Å². The minimum atomic E-state index is -0.233. The van der Waals surface area contributed by atoms with Gasteiger partial charge in [0.1, 0.15) is 11.9 Å². The van der Waals surface area contributed by atoms with Gasteiger partial charge in [0, 0.05) is 12.5 Å². The van der Waals surface area contributed by atoms with Crippen LogP contribution >= 0.6 is 0 Å². The highest BCUT2D eigenvalue weighted by atomic mass is 16.5. The molecule has 6 heteroatoms. The molecule has 6 nitrogen and oxygen atoms in total. The second kappa shape index (κ2) is 6.02. The average Bonchev–Trinajstić information content (AvgIpc) is 3.27. The van der Waals surface area contributed by atoms with E-state index in [4.69, 9.17) is 4.74 Å². The second-order valence-electron chi connectivity index (χ2n) is 6.73. The topological polar surface area (TPSA) is 71.1 Å². The van der Waals surface area contributed by atoms with Gasteiger partial charge in [-0.05, 0) is 37.3 Å². The molecule has 2 fully saturated rings. The molecule has 1 amide bonds. The Morgan fingerprint density at radius 2 is 2.17 bits per heavy atom. The van der Waals surface area contributed by atoms with Crippen LogP contribution in [0.15, 0.2) is 24.3 Å². The third-order valence-corrected chi connectivity index (χ3v) is 4.98. The van der Waals surface area contributed by atoms with E-state index >= 15 is 0 Å². The number of aromatic nitrogens is 3. The van der Waals surface area contributed by atoms with Crippen molar-refractivity contribution in [1.29, 1.82) is 0 Å². The zero-order chi connectivity index (χ0) is 16.7. The van der Waals surface area contributed by atoms with E-state index in [9.17, 15) is 4.79 Å². The fourth-order valence-corrected chi connectivity index (χ4v) is 3.56. The Hall–Kier alpha value is -2.21. The van der Waals surface area contributed by atoms with Crippen molar-refractivity contribution in [2.24, 2.45) is 5.92 Å². The van der Waals surface area contributed by atoms with Crippen molar-refractivity contribution in [1.82, 2.24) is 20.1 Å². The number of aromatic amines is 1. The maximum Gasteiger partial charge on any atom is 0.226 e. The summed E-state index contributed by atoms with van der Waals surface area (Å²) in [6.45, 7) is 5.69. The standard InChI is InChI=1S/C18H22N4O2/c1-11-5-3-4-6-13(11)14-9-15(14)18(23)22-7-8-24-16(10-22)17-19-12(2)20-21-17/h3-6,14-16H,7-10H2,1-2H3,(H,19,20,21)/t14-,15-,16+/m1/s1. The largest absolute Gasteiger partial charge is 0.366 e. The van der Waals surface area contributed by atoms with Crippen LogP contribution in [-0.2, 0) is 9.53 Å². The third-order valence-electron chi connectivity index (χ3n) is 4.98. The number of hydrogen-bond acceptors (Lipinski definition) is 4. The third kappa shape index (κ3) is 2.82. The van der Waals surface area contributed by atoms with Crippen molar-refractivity contribution in [2.75, 3.05) is 19.7 Å². The molecule has 126 valence electrons. The number of H-pyrrole nitrogens is 1. The van der Waals surface area contributed by atoms with Crippen LogP contribution in [0.1, 0.15) is 41.2 Å². The first kappa shape index (κ1) is 15.3. The molecule has 1 aliphatic heterocycles. The zero-order valence-corrected chi connectivity index (χ0v) is 14.0. The van der Waals surface area contributed by atoms with Crippen molar-refractivity contribution < 1.29 is 9.53 Å². The number of rotatable bonds is 3. The summed E-state index contributed by atoms with van der Waals surface area (Å²) < 4.78 is 5.75. The van der Waals surface area contributed by atoms with Gasteiger partial charge in [-0.15, -0.1) is 0 Å². The Balaban J connectivity index is 1.43. The van der Waals surface area contributed by atoms with Gasteiger partial charge in [-0.2, -0.15) is 5.10 Å². The summed E-state index contributed by atoms with van der Waals surface area (Å²) in [5, 5.41) is 7.00. The molecule has 0 unspecified atom stereocenters. The fraction of sp³-hybridized carbons (Fsp3) is 0.500. The van der Waals surface area contributed by atoms with Crippen molar-refractivity contribution in [3.05, 3.63) is 47.0 Å². The summed E-state index contributed by atoms with van der Waals surface area (Å²) in [6, 6.07) is 8.36. The van der Waals surface area contributed by atoms with Gasteiger partial charge in [-0.1, -0.05) is 24.3 Å². The summed E-state index contributed by atoms with van der Waals surface area (Å²) in [5.41, 5.74) is 2.58. The van der Waals surface area contributed by atoms with E-state index < -0.39 is 0 Å². The van der Waals surface area contributed by atoms with Crippen LogP contribution < -0.4 is 0 Å². The predicted octanol–water partition coefficient (Wildman–Crippen LogP) is 2.13. The van der Waals surface area contributed by atoms with Crippen LogP contribution in [-0.4, -0.2) is 45.7 Å². The van der Waals surface area contributed by atoms with Crippen molar-refractivity contribution in [2.45, 2.75) is 32.3 Å². The summed E-state index contributed by atoms with van der Waals surface area (Å²) in [7, 11) is 0. The highest BCUT2D eigenvalue weighted by Gasteiger charge is 2.47. The van der Waals surface area contributed by atoms with Crippen molar-refractivity contribution in [3.8, 4) is 0 Å². The predicted molar refractivity (Wildman–Crippen MR) is 88.4 cm³/mol. The van der Waals surface area contributed by atoms with Gasteiger partial charge in [-0.3, -0.25) is 9.89 Å². The minimum absolute atomic E-state index is 0.110. The molecule has 0 spiro atoms. The molecule has 1 aliphatic carbocycles. The summed E-state index contributed by atoms with van der Waals surface area (Å²) in [4.78, 5) is 19.1. The van der Waals surface area contributed by atoms with E-state index in [0.29, 0.717) is 31.4 Å². The summed E-state index contributed by atoms with van der Waals surface area (Å²) >= 11 is 0. The number of ether oxygens (including phenoxy) is 1. The van der Waals surface area contributed by atoms with E-state index in [1.54, 1.807) is 0 Å². The van der Waals surface area contributed by atoms with Gasteiger partial charge in [0.15, 0.2) is 5.82 Å². The smallest absolute Gasteiger partial charge is 0.226 e. The van der Waals surface area contributed by atoms with Crippen LogP contribution in [0, 0.1) is 19.8 Å². The molecular weight excluding hydrogens is 304 g/mol. The highest BCUT2D eigenvalue weighted by molar-refractivity contribution is 5.83. The van der Waals surface area contributed by atoms with Gasteiger partial charge in [-0.25, -0.2) is 4.98 Å². The van der Waals surface area contributed by atoms with Crippen LogP contribution in [0.25, 0.3) is 0 Å². The number of hydrogen-bond donors (Lipinski definition) is 1. The quantitative estimate of drug-likeness (QED) is 0.938. The number of carbonyl (C=O) groups excluding carboxylic acids is 1. The Morgan fingerprint density at radius 1 is 1.33 bits per heavy atom. The SMILES string of the molecule is Cc1nc([C@@H]2CN(C(=O)[C@@H]3C[C@@H]3c3ccccc3C)CCO2)n[nH]1. The molecule has 2 heterocycles. The average molecular weight is 326 g/mol. The normalized spacial score (nSPS) is 26.4. The first-order valence-electron chi connectivity index (χ1n) is 8.48. The Morgan fingerprint density at radius 3 is 2.92 bits per heavy atom. The number of amides is 1. The molecular formula is C18H22N4O2. The molecule has 0 radical (unpaired) electrons. The van der Waals surface area contributed by atoms with Gasteiger partial charge < -0.3 is 9.64 Å². The lowest BCUT2D eigenvalue weighted by molar-refractivity contribution is -0.140. The lowest BCUT2D eigenvalue weighted by atomic mass is 10.0. The molecule has 1 aromatic heterocycles. The number of nitrogens with one attached hydrogen (secondary N) is 1. The van der Waals surface area contributed by atoms with Crippen LogP contribution in [0.2, 0.25) is 0 Å².